The quantitative estimate of drug-likeness (QED) is 0.712. The van der Waals surface area contributed by atoms with Crippen molar-refractivity contribution in [1.29, 1.82) is 0 Å². The van der Waals surface area contributed by atoms with Gasteiger partial charge in [0.1, 0.15) is 0 Å². The molecule has 0 aromatic heterocycles. The molecule has 0 amide bonds. The van der Waals surface area contributed by atoms with Crippen LogP contribution in [0.25, 0.3) is 0 Å². The van der Waals surface area contributed by atoms with Gasteiger partial charge in [-0.1, -0.05) is 24.3 Å². The lowest BCUT2D eigenvalue weighted by atomic mass is 10.0. The number of benzene rings is 1. The fraction of sp³-hybridized carbons (Fsp3) is 0.625. The Labute approximate surface area is 122 Å². The summed E-state index contributed by atoms with van der Waals surface area (Å²) in [6, 6.07) is 8.00. The van der Waals surface area contributed by atoms with E-state index in [-0.39, 0.29) is 0 Å². The minimum absolute atomic E-state index is 0.413. The lowest BCUT2D eigenvalue weighted by molar-refractivity contribution is 0.0943. The molecule has 0 aliphatic heterocycles. The molecule has 0 heterocycles. The lowest BCUT2D eigenvalue weighted by Gasteiger charge is -2.23. The third-order valence-corrected chi connectivity index (χ3v) is 3.49. The lowest BCUT2D eigenvalue weighted by Crippen LogP contribution is -2.32. The standard InChI is InChI=1S/C16H27NO3/c1-14-6-4-5-7-15(14)16(18)8-9-17(10-12-19-2)11-13-20-3/h4-7,16,18H,8-13H2,1-3H3. The summed E-state index contributed by atoms with van der Waals surface area (Å²) in [5.41, 5.74) is 2.16. The van der Waals surface area contributed by atoms with Crippen molar-refractivity contribution in [1.82, 2.24) is 4.90 Å². The van der Waals surface area contributed by atoms with Crippen molar-refractivity contribution in [3.8, 4) is 0 Å². The summed E-state index contributed by atoms with van der Waals surface area (Å²) in [6.07, 6.45) is 0.307. The fourth-order valence-electron chi connectivity index (χ4n) is 2.20. The molecular weight excluding hydrogens is 254 g/mol. The molecule has 0 fully saturated rings. The minimum Gasteiger partial charge on any atom is -0.388 e. The van der Waals surface area contributed by atoms with E-state index in [1.54, 1.807) is 14.2 Å². The first-order valence-electron chi connectivity index (χ1n) is 7.13. The van der Waals surface area contributed by atoms with E-state index >= 15 is 0 Å². The molecule has 1 unspecified atom stereocenters. The van der Waals surface area contributed by atoms with Gasteiger partial charge in [-0.15, -0.1) is 0 Å². The van der Waals surface area contributed by atoms with Crippen molar-refractivity contribution in [3.05, 3.63) is 35.4 Å². The maximum atomic E-state index is 10.3. The van der Waals surface area contributed by atoms with Gasteiger partial charge in [0.15, 0.2) is 0 Å². The van der Waals surface area contributed by atoms with Crippen LogP contribution in [0.4, 0.5) is 0 Å². The largest absolute Gasteiger partial charge is 0.388 e. The molecule has 1 N–H and O–H groups in total. The van der Waals surface area contributed by atoms with Gasteiger partial charge in [-0.05, 0) is 24.5 Å². The molecule has 0 aliphatic carbocycles. The Morgan fingerprint density at radius 2 is 1.65 bits per heavy atom. The van der Waals surface area contributed by atoms with Gasteiger partial charge >= 0.3 is 0 Å². The predicted octanol–water partition coefficient (Wildman–Crippen LogP) is 2.01. The first-order chi connectivity index (χ1) is 9.69. The van der Waals surface area contributed by atoms with E-state index in [1.807, 2.05) is 31.2 Å². The number of nitrogens with zero attached hydrogens (tertiary/aromatic N) is 1. The van der Waals surface area contributed by atoms with Crippen LogP contribution in [-0.4, -0.2) is 57.1 Å². The average molecular weight is 281 g/mol. The van der Waals surface area contributed by atoms with Crippen LogP contribution < -0.4 is 0 Å². The highest BCUT2D eigenvalue weighted by molar-refractivity contribution is 5.27. The second kappa shape index (κ2) is 9.88. The highest BCUT2D eigenvalue weighted by Gasteiger charge is 2.12. The first kappa shape index (κ1) is 17.1. The van der Waals surface area contributed by atoms with E-state index in [2.05, 4.69) is 4.90 Å². The van der Waals surface area contributed by atoms with Crippen LogP contribution in [0.2, 0.25) is 0 Å². The van der Waals surface area contributed by atoms with Crippen molar-refractivity contribution in [2.45, 2.75) is 19.4 Å². The number of rotatable bonds is 10. The monoisotopic (exact) mass is 281 g/mol. The Morgan fingerprint density at radius 3 is 2.20 bits per heavy atom. The molecule has 0 aliphatic rings. The molecule has 4 heteroatoms. The van der Waals surface area contributed by atoms with E-state index in [4.69, 9.17) is 9.47 Å². The van der Waals surface area contributed by atoms with Crippen LogP contribution >= 0.6 is 0 Å². The summed E-state index contributed by atoms with van der Waals surface area (Å²) >= 11 is 0. The molecule has 0 spiro atoms. The maximum Gasteiger partial charge on any atom is 0.0804 e. The Balaban J connectivity index is 2.46. The van der Waals surface area contributed by atoms with Crippen LogP contribution in [0.3, 0.4) is 0 Å². The summed E-state index contributed by atoms with van der Waals surface area (Å²) in [7, 11) is 3.41. The summed E-state index contributed by atoms with van der Waals surface area (Å²) in [6.45, 7) is 5.99. The first-order valence-corrected chi connectivity index (χ1v) is 7.13. The summed E-state index contributed by atoms with van der Waals surface area (Å²) in [5.74, 6) is 0. The second-order valence-electron chi connectivity index (χ2n) is 4.99. The highest BCUT2D eigenvalue weighted by Crippen LogP contribution is 2.20. The Hall–Kier alpha value is -0.940. The van der Waals surface area contributed by atoms with Gasteiger partial charge < -0.3 is 14.6 Å². The zero-order valence-electron chi connectivity index (χ0n) is 12.8. The van der Waals surface area contributed by atoms with Crippen LogP contribution in [0, 0.1) is 6.92 Å². The van der Waals surface area contributed by atoms with E-state index in [0.717, 1.165) is 37.2 Å². The van der Waals surface area contributed by atoms with Crippen LogP contribution in [0.15, 0.2) is 24.3 Å². The highest BCUT2D eigenvalue weighted by atomic mass is 16.5. The predicted molar refractivity (Wildman–Crippen MR) is 80.9 cm³/mol. The van der Waals surface area contributed by atoms with Gasteiger partial charge in [0.05, 0.1) is 19.3 Å². The molecule has 0 radical (unpaired) electrons. The molecule has 20 heavy (non-hydrogen) atoms. The normalized spacial score (nSPS) is 12.8. The van der Waals surface area contributed by atoms with Crippen LogP contribution in [0.5, 0.6) is 0 Å². The van der Waals surface area contributed by atoms with Gasteiger partial charge in [0, 0.05) is 33.9 Å². The summed E-state index contributed by atoms with van der Waals surface area (Å²) in [4.78, 5) is 2.26. The number of aryl methyl sites for hydroxylation is 1. The summed E-state index contributed by atoms with van der Waals surface area (Å²) < 4.78 is 10.2. The molecule has 0 saturated heterocycles. The maximum absolute atomic E-state index is 10.3. The average Bonchev–Trinajstić information content (AvgIpc) is 2.46. The van der Waals surface area contributed by atoms with Crippen molar-refractivity contribution in [3.63, 3.8) is 0 Å². The second-order valence-corrected chi connectivity index (χ2v) is 4.99. The Bertz CT molecular complexity index is 362. The van der Waals surface area contributed by atoms with Crippen molar-refractivity contribution < 1.29 is 14.6 Å². The van der Waals surface area contributed by atoms with Crippen molar-refractivity contribution in [2.24, 2.45) is 0 Å². The number of aliphatic hydroxyl groups is 1. The SMILES string of the molecule is COCCN(CCOC)CCC(O)c1ccccc1C. The third-order valence-electron chi connectivity index (χ3n) is 3.49. The Morgan fingerprint density at radius 1 is 1.05 bits per heavy atom. The number of aliphatic hydroxyl groups excluding tert-OH is 1. The Kier molecular flexibility index (Phi) is 8.46. The van der Waals surface area contributed by atoms with Gasteiger partial charge in [-0.2, -0.15) is 0 Å². The van der Waals surface area contributed by atoms with E-state index in [9.17, 15) is 5.11 Å². The van der Waals surface area contributed by atoms with E-state index in [1.165, 1.54) is 0 Å². The molecule has 0 bridgehead atoms. The van der Waals surface area contributed by atoms with Crippen molar-refractivity contribution >= 4 is 0 Å². The molecular formula is C16H27NO3. The fourth-order valence-corrected chi connectivity index (χ4v) is 2.20. The van der Waals surface area contributed by atoms with Crippen LogP contribution in [-0.2, 0) is 9.47 Å². The molecule has 1 aromatic carbocycles. The van der Waals surface area contributed by atoms with Gasteiger partial charge in [0.2, 0.25) is 0 Å². The molecule has 1 atom stereocenters. The zero-order valence-corrected chi connectivity index (χ0v) is 12.8. The van der Waals surface area contributed by atoms with Gasteiger partial charge in [-0.25, -0.2) is 0 Å². The zero-order chi connectivity index (χ0) is 14.8. The van der Waals surface area contributed by atoms with E-state index < -0.39 is 6.10 Å². The number of ether oxygens (including phenoxy) is 2. The van der Waals surface area contributed by atoms with Gasteiger partial charge in [-0.3, -0.25) is 4.90 Å². The van der Waals surface area contributed by atoms with E-state index in [0.29, 0.717) is 13.2 Å². The molecule has 1 aromatic rings. The van der Waals surface area contributed by atoms with Crippen LogP contribution in [0.1, 0.15) is 23.7 Å². The third kappa shape index (κ3) is 6.01. The smallest absolute Gasteiger partial charge is 0.0804 e. The molecule has 114 valence electrons. The molecule has 1 rings (SSSR count). The molecule has 0 saturated carbocycles. The van der Waals surface area contributed by atoms with Gasteiger partial charge in [0.25, 0.3) is 0 Å². The summed E-state index contributed by atoms with van der Waals surface area (Å²) in [5, 5.41) is 10.3. The number of hydrogen-bond donors (Lipinski definition) is 1. The number of hydrogen-bond acceptors (Lipinski definition) is 4. The topological polar surface area (TPSA) is 41.9 Å². The minimum atomic E-state index is -0.413. The van der Waals surface area contributed by atoms with Crippen molar-refractivity contribution in [2.75, 3.05) is 47.1 Å². The number of methoxy groups -OCH3 is 2. The molecule has 4 nitrogen and oxygen atoms in total.